The molecule has 13 heteroatoms. The number of benzene rings is 2. The van der Waals surface area contributed by atoms with Crippen LogP contribution in [0.2, 0.25) is 0 Å². The lowest BCUT2D eigenvalue weighted by atomic mass is 9.90. The lowest BCUT2D eigenvalue weighted by Gasteiger charge is -2.43. The van der Waals surface area contributed by atoms with Gasteiger partial charge in [0.1, 0.15) is 0 Å². The highest BCUT2D eigenvalue weighted by Crippen LogP contribution is 2.31. The number of allylic oxidation sites excluding steroid dienone is 1. The Morgan fingerprint density at radius 2 is 1.15 bits per heavy atom. The number of hydrogen-bond acceptors (Lipinski definition) is 13. The summed E-state index contributed by atoms with van der Waals surface area (Å²) in [5.74, 6) is -0.942. The van der Waals surface area contributed by atoms with E-state index >= 15 is 0 Å². The van der Waals surface area contributed by atoms with Crippen LogP contribution in [-0.2, 0) is 41.5 Å². The topological polar surface area (TPSA) is 217 Å². The van der Waals surface area contributed by atoms with Gasteiger partial charge in [0.05, 0.1) is 62.3 Å². The van der Waals surface area contributed by atoms with Crippen molar-refractivity contribution in [2.24, 2.45) is 28.3 Å². The van der Waals surface area contributed by atoms with Gasteiger partial charge < -0.3 is 51.4 Å². The van der Waals surface area contributed by atoms with Crippen molar-refractivity contribution in [3.8, 4) is 6.07 Å². The number of carbonyl (C=O) groups excluding carboxylic acids is 2. The fourth-order valence-electron chi connectivity index (χ4n) is 4.82. The third-order valence-electron chi connectivity index (χ3n) is 7.97. The van der Waals surface area contributed by atoms with Crippen LogP contribution in [0, 0.1) is 16.7 Å². The Bertz CT molecular complexity index is 1230. The van der Waals surface area contributed by atoms with Crippen molar-refractivity contribution in [1.29, 1.82) is 5.26 Å². The minimum absolute atomic E-state index is 0.121. The molecule has 2 saturated heterocycles. The molecule has 0 atom stereocenters. The number of nitriles is 1. The smallest absolute Gasteiger partial charge is 0.339 e. The molecule has 13 nitrogen and oxygen atoms in total. The van der Waals surface area contributed by atoms with Gasteiger partial charge in [0.2, 0.25) is 0 Å². The summed E-state index contributed by atoms with van der Waals surface area (Å²) in [6.45, 7) is 12.9. The Kier molecular flexibility index (Phi) is 26.5. The number of nitrogens with zero attached hydrogens (tertiary/aromatic N) is 1. The van der Waals surface area contributed by atoms with Crippen molar-refractivity contribution in [2.75, 3.05) is 52.7 Å². The van der Waals surface area contributed by atoms with Crippen molar-refractivity contribution in [2.45, 2.75) is 90.9 Å². The predicted molar refractivity (Wildman–Crippen MR) is 205 cm³/mol. The summed E-state index contributed by atoms with van der Waals surface area (Å²) in [4.78, 5) is 23.9. The van der Waals surface area contributed by atoms with Gasteiger partial charge in [-0.3, -0.25) is 0 Å². The quantitative estimate of drug-likeness (QED) is 0.100. The summed E-state index contributed by atoms with van der Waals surface area (Å²) in [6.07, 6.45) is 8.03. The number of unbranched alkanes of at least 4 members (excludes halogenated alkanes) is 2. The summed E-state index contributed by atoms with van der Waals surface area (Å²) in [5, 5.41) is 7.51. The van der Waals surface area contributed by atoms with Gasteiger partial charge in [0.25, 0.3) is 0 Å². The van der Waals surface area contributed by atoms with Crippen LogP contribution in [0.5, 0.6) is 0 Å². The third-order valence-corrected chi connectivity index (χ3v) is 7.97. The van der Waals surface area contributed by atoms with Crippen molar-refractivity contribution in [3.63, 3.8) is 0 Å². The van der Waals surface area contributed by atoms with Crippen LogP contribution in [0.3, 0.4) is 0 Å². The van der Waals surface area contributed by atoms with E-state index in [9.17, 15) is 9.59 Å². The maximum absolute atomic E-state index is 11.9. The Labute approximate surface area is 316 Å². The van der Waals surface area contributed by atoms with E-state index in [-0.39, 0.29) is 29.1 Å². The molecule has 0 aromatic heterocycles. The fourth-order valence-corrected chi connectivity index (χ4v) is 4.82. The van der Waals surface area contributed by atoms with E-state index in [1.54, 1.807) is 30.3 Å². The average molecular weight is 742 g/mol. The van der Waals surface area contributed by atoms with Crippen molar-refractivity contribution in [3.05, 3.63) is 83.4 Å². The molecule has 1 spiro atoms. The van der Waals surface area contributed by atoms with Gasteiger partial charge in [-0.2, -0.15) is 5.26 Å². The normalized spacial score (nSPS) is 18.7. The van der Waals surface area contributed by atoms with Crippen LogP contribution >= 0.6 is 0 Å². The molecule has 53 heavy (non-hydrogen) atoms. The van der Waals surface area contributed by atoms with E-state index in [2.05, 4.69) is 6.58 Å². The summed E-state index contributed by atoms with van der Waals surface area (Å²) in [7, 11) is 0. The van der Waals surface area contributed by atoms with Gasteiger partial charge in [-0.25, -0.2) is 9.59 Å². The van der Waals surface area contributed by atoms with Crippen molar-refractivity contribution >= 4 is 11.9 Å². The van der Waals surface area contributed by atoms with Crippen molar-refractivity contribution < 1.29 is 38.0 Å². The largest absolute Gasteiger partial charge is 0.462 e. The van der Waals surface area contributed by atoms with Crippen LogP contribution in [0.4, 0.5) is 0 Å². The second-order valence-corrected chi connectivity index (χ2v) is 12.6. The van der Waals surface area contributed by atoms with Gasteiger partial charge in [-0.05, 0) is 74.9 Å². The van der Waals surface area contributed by atoms with Gasteiger partial charge >= 0.3 is 11.9 Å². The molecule has 0 aliphatic carbocycles. The lowest BCUT2D eigenvalue weighted by Crippen LogP contribution is -2.52. The van der Waals surface area contributed by atoms with E-state index < -0.39 is 11.9 Å². The Morgan fingerprint density at radius 3 is 1.47 bits per heavy atom. The lowest BCUT2D eigenvalue weighted by molar-refractivity contribution is -0.304. The number of hydrogen-bond donors (Lipinski definition) is 4. The molecule has 0 saturated carbocycles. The van der Waals surface area contributed by atoms with Gasteiger partial charge in [0.15, 0.2) is 12.6 Å². The summed E-state index contributed by atoms with van der Waals surface area (Å²) >= 11 is 0. The summed E-state index contributed by atoms with van der Waals surface area (Å²) in [5.41, 5.74) is 24.5. The molecule has 8 N–H and O–H groups in total. The molecule has 0 amide bonds. The number of ether oxygens (including phenoxy) is 6. The third kappa shape index (κ3) is 19.8. The van der Waals surface area contributed by atoms with Gasteiger partial charge in [0, 0.05) is 19.2 Å². The molecule has 2 aliphatic rings. The Morgan fingerprint density at radius 1 is 0.755 bits per heavy atom. The van der Waals surface area contributed by atoms with E-state index in [1.807, 2.05) is 38.1 Å². The molecular weight excluding hydrogens is 678 g/mol. The minimum Gasteiger partial charge on any atom is -0.462 e. The summed E-state index contributed by atoms with van der Waals surface area (Å²) in [6, 6.07) is 16.3. The van der Waals surface area contributed by atoms with Crippen LogP contribution in [-0.4, -0.2) is 77.2 Å². The molecule has 4 rings (SSSR count). The zero-order valence-corrected chi connectivity index (χ0v) is 31.8. The zero-order chi connectivity index (χ0) is 39.2. The first-order valence-electron chi connectivity index (χ1n) is 18.5. The second-order valence-electron chi connectivity index (χ2n) is 12.6. The molecule has 2 heterocycles. The molecule has 0 radical (unpaired) electrons. The zero-order valence-electron chi connectivity index (χ0n) is 31.8. The Hall–Kier alpha value is -3.71. The second kappa shape index (κ2) is 29.7. The van der Waals surface area contributed by atoms with E-state index in [0.717, 1.165) is 62.5 Å². The predicted octanol–water partition coefficient (Wildman–Crippen LogP) is 5.10. The maximum atomic E-state index is 11.9. The standard InChI is InChI=1S/C16H22O4.C13H26N2O4.C8H12N2.C3H3N/c1-3-5-11-19-15(17)13-9-7-8-10-14(13)16(18)20-12-6-4-2;14-5-1-3-11-16-7-13(8-17-11)9-18-12(19-10-13)4-2-6-15;9-5-7-2-1-3-8(4-7)6-10;1-2-3-4/h7-10H,3-6,11-12H2,1-2H3;11-12H,1-10,14-15H2;1-4H,5-6,9-10H2;2H,1H2. The molecule has 2 aromatic carbocycles. The SMILES string of the molecule is C=CC#N.CCCCOC(=O)c1ccccc1C(=O)OCCCC.NCCCC1OCC2(CO1)COC(CCCN)OC2.NCc1cccc(CN)c1. The first kappa shape index (κ1) is 47.3. The number of esters is 2. The van der Waals surface area contributed by atoms with Gasteiger partial charge in [-0.1, -0.05) is 69.7 Å². The molecule has 0 unspecified atom stereocenters. The van der Waals surface area contributed by atoms with Crippen LogP contribution in [0.15, 0.2) is 61.2 Å². The minimum atomic E-state index is -0.471. The van der Waals surface area contributed by atoms with E-state index in [0.29, 0.717) is 65.8 Å². The monoisotopic (exact) mass is 741 g/mol. The van der Waals surface area contributed by atoms with Crippen LogP contribution < -0.4 is 22.9 Å². The Balaban J connectivity index is 0.000000394. The fraction of sp³-hybridized carbons (Fsp3) is 0.575. The maximum Gasteiger partial charge on any atom is 0.339 e. The highest BCUT2D eigenvalue weighted by atomic mass is 16.7. The van der Waals surface area contributed by atoms with E-state index in [1.165, 1.54) is 6.08 Å². The molecule has 2 fully saturated rings. The molecule has 2 aliphatic heterocycles. The highest BCUT2D eigenvalue weighted by Gasteiger charge is 2.41. The number of rotatable bonds is 16. The molecule has 2 aromatic rings. The summed E-state index contributed by atoms with van der Waals surface area (Å²) < 4.78 is 33.2. The average Bonchev–Trinajstić information content (AvgIpc) is 3.21. The van der Waals surface area contributed by atoms with Crippen LogP contribution in [0.1, 0.15) is 97.1 Å². The number of nitrogens with two attached hydrogens (primary N) is 4. The first-order valence-corrected chi connectivity index (χ1v) is 18.5. The molecular formula is C40H63N5O8. The number of carbonyl (C=O) groups is 2. The molecule has 296 valence electrons. The first-order chi connectivity index (χ1) is 25.8. The van der Waals surface area contributed by atoms with E-state index in [4.69, 9.17) is 56.6 Å². The highest BCUT2D eigenvalue weighted by molar-refractivity contribution is 6.03. The molecule has 0 bridgehead atoms. The van der Waals surface area contributed by atoms with Crippen molar-refractivity contribution in [1.82, 2.24) is 0 Å². The van der Waals surface area contributed by atoms with Gasteiger partial charge in [-0.15, -0.1) is 0 Å². The van der Waals surface area contributed by atoms with Crippen LogP contribution in [0.25, 0.3) is 0 Å².